The van der Waals surface area contributed by atoms with E-state index in [0.717, 1.165) is 35.7 Å². The first kappa shape index (κ1) is 18.3. The SMILES string of the molecule is Cc1cnc(C2CC(Sc3cccc(C(F)(F)F)c3)CCO2)c(C)c1. The van der Waals surface area contributed by atoms with Gasteiger partial charge in [-0.1, -0.05) is 12.1 Å². The van der Waals surface area contributed by atoms with Crippen molar-refractivity contribution in [2.24, 2.45) is 0 Å². The van der Waals surface area contributed by atoms with E-state index in [1.54, 1.807) is 6.07 Å². The Morgan fingerprint density at radius 2 is 2.00 bits per heavy atom. The number of rotatable bonds is 3. The number of nitrogens with zero attached hydrogens (tertiary/aromatic N) is 1. The number of aryl methyl sites for hydroxylation is 2. The van der Waals surface area contributed by atoms with Crippen LogP contribution in [0.5, 0.6) is 0 Å². The van der Waals surface area contributed by atoms with E-state index in [1.807, 2.05) is 20.0 Å². The molecule has 1 aliphatic rings. The molecule has 3 rings (SSSR count). The lowest BCUT2D eigenvalue weighted by molar-refractivity contribution is -0.137. The Balaban J connectivity index is 1.72. The maximum absolute atomic E-state index is 12.9. The minimum atomic E-state index is -4.31. The molecule has 25 heavy (non-hydrogen) atoms. The molecule has 6 heteroatoms. The molecule has 0 radical (unpaired) electrons. The van der Waals surface area contributed by atoms with Crippen molar-refractivity contribution in [1.82, 2.24) is 4.98 Å². The van der Waals surface area contributed by atoms with E-state index in [1.165, 1.54) is 23.9 Å². The summed E-state index contributed by atoms with van der Waals surface area (Å²) < 4.78 is 44.5. The zero-order chi connectivity index (χ0) is 18.0. The molecule has 134 valence electrons. The van der Waals surface area contributed by atoms with Crippen LogP contribution < -0.4 is 0 Å². The third-order valence-electron chi connectivity index (χ3n) is 4.26. The minimum Gasteiger partial charge on any atom is -0.372 e. The van der Waals surface area contributed by atoms with E-state index in [9.17, 15) is 13.2 Å². The van der Waals surface area contributed by atoms with E-state index in [0.29, 0.717) is 11.5 Å². The summed E-state index contributed by atoms with van der Waals surface area (Å²) in [4.78, 5) is 5.15. The zero-order valence-corrected chi connectivity index (χ0v) is 15.0. The molecule has 0 spiro atoms. The van der Waals surface area contributed by atoms with Gasteiger partial charge in [0, 0.05) is 22.9 Å². The number of pyridine rings is 1. The van der Waals surface area contributed by atoms with Crippen molar-refractivity contribution in [2.75, 3.05) is 6.61 Å². The maximum atomic E-state index is 12.9. The third kappa shape index (κ3) is 4.55. The molecule has 1 saturated heterocycles. The van der Waals surface area contributed by atoms with E-state index in [4.69, 9.17) is 4.74 Å². The van der Waals surface area contributed by atoms with Gasteiger partial charge in [-0.15, -0.1) is 11.8 Å². The predicted molar refractivity (Wildman–Crippen MR) is 92.7 cm³/mol. The van der Waals surface area contributed by atoms with Gasteiger partial charge in [0.05, 0.1) is 11.3 Å². The van der Waals surface area contributed by atoms with Gasteiger partial charge in [-0.2, -0.15) is 13.2 Å². The first-order valence-corrected chi connectivity index (χ1v) is 9.09. The fourth-order valence-electron chi connectivity index (χ4n) is 3.07. The van der Waals surface area contributed by atoms with Crippen LogP contribution in [0.4, 0.5) is 13.2 Å². The molecule has 1 aliphatic heterocycles. The molecule has 0 N–H and O–H groups in total. The van der Waals surface area contributed by atoms with Gasteiger partial charge in [0.2, 0.25) is 0 Å². The molecule has 1 aromatic heterocycles. The topological polar surface area (TPSA) is 22.1 Å². The van der Waals surface area contributed by atoms with Crippen LogP contribution in [0.25, 0.3) is 0 Å². The normalized spacial score (nSPS) is 21.3. The van der Waals surface area contributed by atoms with E-state index < -0.39 is 11.7 Å². The quantitative estimate of drug-likeness (QED) is 0.692. The van der Waals surface area contributed by atoms with Crippen LogP contribution in [0.1, 0.15) is 41.3 Å². The van der Waals surface area contributed by atoms with Crippen LogP contribution in [0, 0.1) is 13.8 Å². The number of halogens is 3. The Labute approximate surface area is 149 Å². The Kier molecular flexibility index (Phi) is 5.39. The van der Waals surface area contributed by atoms with Gasteiger partial charge in [-0.05, 0) is 56.0 Å². The summed E-state index contributed by atoms with van der Waals surface area (Å²) in [5.74, 6) is 0. The van der Waals surface area contributed by atoms with Crippen molar-refractivity contribution < 1.29 is 17.9 Å². The van der Waals surface area contributed by atoms with E-state index >= 15 is 0 Å². The average Bonchev–Trinajstić information content (AvgIpc) is 2.54. The van der Waals surface area contributed by atoms with Gasteiger partial charge in [0.15, 0.2) is 0 Å². The van der Waals surface area contributed by atoms with Crippen LogP contribution in [-0.2, 0) is 10.9 Å². The molecule has 2 heterocycles. The Morgan fingerprint density at radius 3 is 2.72 bits per heavy atom. The van der Waals surface area contributed by atoms with Crippen LogP contribution in [0.2, 0.25) is 0 Å². The number of alkyl halides is 3. The van der Waals surface area contributed by atoms with Crippen molar-refractivity contribution in [3.8, 4) is 0 Å². The fourth-order valence-corrected chi connectivity index (χ4v) is 4.29. The largest absolute Gasteiger partial charge is 0.416 e. The summed E-state index contributed by atoms with van der Waals surface area (Å²) in [6, 6.07) is 7.61. The van der Waals surface area contributed by atoms with Crippen LogP contribution in [0.3, 0.4) is 0 Å². The molecule has 0 bridgehead atoms. The number of benzene rings is 1. The first-order chi connectivity index (χ1) is 11.8. The average molecular weight is 367 g/mol. The monoisotopic (exact) mass is 367 g/mol. The van der Waals surface area contributed by atoms with Gasteiger partial charge < -0.3 is 4.74 Å². The summed E-state index contributed by atoms with van der Waals surface area (Å²) in [7, 11) is 0. The summed E-state index contributed by atoms with van der Waals surface area (Å²) in [6.07, 6.45) is -1.01. The number of hydrogen-bond acceptors (Lipinski definition) is 3. The number of ether oxygens (including phenoxy) is 1. The first-order valence-electron chi connectivity index (χ1n) is 8.21. The summed E-state index contributed by atoms with van der Waals surface area (Å²) in [5.41, 5.74) is 2.53. The Hall–Kier alpha value is -1.53. The highest BCUT2D eigenvalue weighted by atomic mass is 32.2. The maximum Gasteiger partial charge on any atom is 0.416 e. The summed E-state index contributed by atoms with van der Waals surface area (Å²) in [6.45, 7) is 4.61. The van der Waals surface area contributed by atoms with Crippen LogP contribution in [-0.4, -0.2) is 16.8 Å². The van der Waals surface area contributed by atoms with Crippen LogP contribution >= 0.6 is 11.8 Å². The predicted octanol–water partition coefficient (Wildman–Crippen LogP) is 5.73. The third-order valence-corrected chi connectivity index (χ3v) is 5.55. The molecule has 2 atom stereocenters. The fraction of sp³-hybridized carbons (Fsp3) is 0.421. The van der Waals surface area contributed by atoms with Gasteiger partial charge in [-0.25, -0.2) is 0 Å². The van der Waals surface area contributed by atoms with Crippen molar-refractivity contribution >= 4 is 11.8 Å². The molecule has 1 fully saturated rings. The van der Waals surface area contributed by atoms with E-state index in [2.05, 4.69) is 11.1 Å². The molecule has 2 unspecified atom stereocenters. The molecule has 0 saturated carbocycles. The van der Waals surface area contributed by atoms with Crippen molar-refractivity contribution in [1.29, 1.82) is 0 Å². The minimum absolute atomic E-state index is 0.0994. The van der Waals surface area contributed by atoms with Gasteiger partial charge in [-0.3, -0.25) is 4.98 Å². The summed E-state index contributed by atoms with van der Waals surface area (Å²) >= 11 is 1.49. The lowest BCUT2D eigenvalue weighted by atomic mass is 10.0. The Bertz CT molecular complexity index is 748. The second kappa shape index (κ2) is 7.38. The second-order valence-electron chi connectivity index (χ2n) is 6.36. The zero-order valence-electron chi connectivity index (χ0n) is 14.1. The number of aromatic nitrogens is 1. The van der Waals surface area contributed by atoms with E-state index in [-0.39, 0.29) is 11.4 Å². The van der Waals surface area contributed by atoms with Gasteiger partial charge in [0.1, 0.15) is 6.10 Å². The molecule has 0 aliphatic carbocycles. The molecule has 1 aromatic carbocycles. The molecular formula is C19H20F3NOS. The van der Waals surface area contributed by atoms with Crippen molar-refractivity contribution in [3.05, 3.63) is 58.9 Å². The Morgan fingerprint density at radius 1 is 1.20 bits per heavy atom. The molecule has 2 nitrogen and oxygen atoms in total. The molecule has 2 aromatic rings. The highest BCUT2D eigenvalue weighted by molar-refractivity contribution is 8.00. The van der Waals surface area contributed by atoms with Crippen molar-refractivity contribution in [2.45, 2.75) is 49.1 Å². The lowest BCUT2D eigenvalue weighted by Crippen LogP contribution is -2.23. The van der Waals surface area contributed by atoms with Crippen molar-refractivity contribution in [3.63, 3.8) is 0 Å². The number of hydrogen-bond donors (Lipinski definition) is 0. The highest BCUT2D eigenvalue weighted by Crippen LogP contribution is 2.39. The standard InChI is InChI=1S/C19H20F3NOS/c1-12-8-13(2)18(23-11-12)17-10-16(6-7-24-17)25-15-5-3-4-14(9-15)19(20,21)22/h3-5,8-9,11,16-17H,6-7,10H2,1-2H3. The summed E-state index contributed by atoms with van der Waals surface area (Å²) in [5, 5.41) is 0.213. The number of thioether (sulfide) groups is 1. The second-order valence-corrected chi connectivity index (χ2v) is 7.74. The van der Waals surface area contributed by atoms with Crippen LogP contribution in [0.15, 0.2) is 41.4 Å². The molecule has 0 amide bonds. The smallest absolute Gasteiger partial charge is 0.372 e. The lowest BCUT2D eigenvalue weighted by Gasteiger charge is -2.29. The highest BCUT2D eigenvalue weighted by Gasteiger charge is 2.31. The molecular weight excluding hydrogens is 347 g/mol. The van der Waals surface area contributed by atoms with Gasteiger partial charge >= 0.3 is 6.18 Å². The van der Waals surface area contributed by atoms with Gasteiger partial charge in [0.25, 0.3) is 0 Å².